The molecule has 194 valence electrons. The molecule has 2 saturated carbocycles. The third-order valence-electron chi connectivity index (χ3n) is 7.62. The lowest BCUT2D eigenvalue weighted by atomic mass is 10.0. The second-order valence-corrected chi connectivity index (χ2v) is 10.1. The number of nitrogens with zero attached hydrogens (tertiary/aromatic N) is 2. The lowest BCUT2D eigenvalue weighted by Gasteiger charge is -2.20. The minimum absolute atomic E-state index is 0.0603. The summed E-state index contributed by atoms with van der Waals surface area (Å²) in [4.78, 5) is 28.3. The number of alkyl halides is 4. The Morgan fingerprint density at radius 2 is 1.78 bits per heavy atom. The minimum atomic E-state index is -3.01. The van der Waals surface area contributed by atoms with E-state index in [1.807, 2.05) is 7.05 Å². The Bertz CT molecular complexity index is 1220. The van der Waals surface area contributed by atoms with Crippen molar-refractivity contribution in [3.63, 3.8) is 0 Å². The van der Waals surface area contributed by atoms with Gasteiger partial charge in [0, 0.05) is 48.9 Å². The van der Waals surface area contributed by atoms with Crippen LogP contribution in [-0.4, -0.2) is 48.0 Å². The molecular formula is C25H27F5N4O2. The van der Waals surface area contributed by atoms with Gasteiger partial charge in [0.2, 0.25) is 6.43 Å². The van der Waals surface area contributed by atoms with Crippen molar-refractivity contribution in [1.82, 2.24) is 14.8 Å². The molecule has 0 bridgehead atoms. The number of carbonyl (C=O) groups excluding carboxylic acids is 1. The van der Waals surface area contributed by atoms with E-state index in [1.54, 1.807) is 0 Å². The lowest BCUT2D eigenvalue weighted by molar-refractivity contribution is 0.0939. The first-order chi connectivity index (χ1) is 17.1. The Kier molecular flexibility index (Phi) is 6.30. The highest BCUT2D eigenvalue weighted by Gasteiger charge is 2.55. The molecule has 1 aromatic heterocycles. The smallest absolute Gasteiger partial charge is 0.266 e. The van der Waals surface area contributed by atoms with Crippen LogP contribution in [0.25, 0.3) is 0 Å². The van der Waals surface area contributed by atoms with Crippen molar-refractivity contribution >= 4 is 11.6 Å². The number of amides is 1. The van der Waals surface area contributed by atoms with E-state index >= 15 is 0 Å². The molecule has 0 spiro atoms. The Labute approximate surface area is 204 Å². The van der Waals surface area contributed by atoms with Gasteiger partial charge in [-0.1, -0.05) is 18.2 Å². The van der Waals surface area contributed by atoms with Gasteiger partial charge in [0.15, 0.2) is 0 Å². The fraction of sp³-hybridized carbons (Fsp3) is 0.520. The van der Waals surface area contributed by atoms with Crippen LogP contribution in [0.4, 0.5) is 27.6 Å². The highest BCUT2D eigenvalue weighted by atomic mass is 19.3. The number of halogens is 5. The number of anilines is 1. The van der Waals surface area contributed by atoms with Crippen LogP contribution in [0, 0.1) is 23.6 Å². The van der Waals surface area contributed by atoms with Crippen LogP contribution in [0.5, 0.6) is 0 Å². The highest BCUT2D eigenvalue weighted by molar-refractivity contribution is 5.99. The molecule has 2 heterocycles. The summed E-state index contributed by atoms with van der Waals surface area (Å²) >= 11 is 0. The molecule has 1 amide bonds. The first kappa shape index (κ1) is 24.7. The summed E-state index contributed by atoms with van der Waals surface area (Å²) in [5.41, 5.74) is -1.02. The second kappa shape index (κ2) is 9.17. The van der Waals surface area contributed by atoms with Gasteiger partial charge in [0.25, 0.3) is 17.9 Å². The molecule has 0 unspecified atom stereocenters. The van der Waals surface area contributed by atoms with Crippen molar-refractivity contribution in [3.8, 4) is 0 Å². The molecule has 11 heteroatoms. The number of carbonyl (C=O) groups is 1. The van der Waals surface area contributed by atoms with E-state index in [1.165, 1.54) is 31.3 Å². The predicted molar refractivity (Wildman–Crippen MR) is 123 cm³/mol. The molecule has 3 fully saturated rings. The van der Waals surface area contributed by atoms with Crippen molar-refractivity contribution < 1.29 is 26.7 Å². The van der Waals surface area contributed by atoms with Crippen molar-refractivity contribution in [2.24, 2.45) is 17.8 Å². The number of rotatable bonds is 8. The van der Waals surface area contributed by atoms with Gasteiger partial charge in [0.05, 0.1) is 22.9 Å². The number of nitrogens with one attached hydrogen (secondary N) is 2. The molecule has 1 saturated heterocycles. The van der Waals surface area contributed by atoms with Crippen molar-refractivity contribution in [2.75, 3.05) is 25.5 Å². The highest BCUT2D eigenvalue weighted by Crippen LogP contribution is 2.48. The summed E-state index contributed by atoms with van der Waals surface area (Å²) in [6.45, 7) is 3.23. The second-order valence-electron chi connectivity index (χ2n) is 10.1. The lowest BCUT2D eigenvalue weighted by Crippen LogP contribution is -2.32. The number of hydrogen-bond donors (Lipinski definition) is 2. The summed E-state index contributed by atoms with van der Waals surface area (Å²) in [7, 11) is 2.02. The average molecular weight is 511 g/mol. The summed E-state index contributed by atoms with van der Waals surface area (Å²) < 4.78 is 68.4. The van der Waals surface area contributed by atoms with Crippen LogP contribution in [-0.2, 0) is 0 Å². The molecular weight excluding hydrogens is 483 g/mol. The van der Waals surface area contributed by atoms with Crippen LogP contribution < -0.4 is 16.2 Å². The minimum Gasteiger partial charge on any atom is -0.381 e. The van der Waals surface area contributed by atoms with Crippen molar-refractivity contribution in [1.29, 1.82) is 0 Å². The summed E-state index contributed by atoms with van der Waals surface area (Å²) in [6, 6.07) is 3.24. The molecule has 6 nitrogen and oxygen atoms in total. The van der Waals surface area contributed by atoms with Crippen LogP contribution in [0.1, 0.15) is 53.3 Å². The van der Waals surface area contributed by atoms with Crippen LogP contribution in [0.15, 0.2) is 35.3 Å². The van der Waals surface area contributed by atoms with Gasteiger partial charge >= 0.3 is 0 Å². The maximum Gasteiger partial charge on any atom is 0.266 e. The number of likely N-dealkylation sites (tertiary alicyclic amines) is 1. The van der Waals surface area contributed by atoms with E-state index in [4.69, 9.17) is 0 Å². The monoisotopic (exact) mass is 510 g/mol. The first-order valence-corrected chi connectivity index (χ1v) is 11.9. The van der Waals surface area contributed by atoms with Crippen LogP contribution in [0.3, 0.4) is 0 Å². The summed E-state index contributed by atoms with van der Waals surface area (Å²) in [5, 5.41) is 5.89. The molecule has 2 N–H and O–H groups in total. The van der Waals surface area contributed by atoms with Gasteiger partial charge in [-0.3, -0.25) is 9.59 Å². The zero-order valence-electron chi connectivity index (χ0n) is 19.7. The molecule has 2 aromatic rings. The Balaban J connectivity index is 1.42. The van der Waals surface area contributed by atoms with Gasteiger partial charge in [-0.25, -0.2) is 22.0 Å². The normalized spacial score (nSPS) is 27.8. The largest absolute Gasteiger partial charge is 0.381 e. The topological polar surface area (TPSA) is 66.4 Å². The number of hydrogen-bond acceptors (Lipinski definition) is 4. The van der Waals surface area contributed by atoms with Crippen LogP contribution in [0.2, 0.25) is 0 Å². The maximum absolute atomic E-state index is 14.6. The maximum atomic E-state index is 14.6. The number of pyridine rings is 1. The number of piperidine rings is 1. The third kappa shape index (κ3) is 4.49. The zero-order valence-corrected chi connectivity index (χ0v) is 19.7. The van der Waals surface area contributed by atoms with E-state index in [9.17, 15) is 31.5 Å². The van der Waals surface area contributed by atoms with Crippen molar-refractivity contribution in [3.05, 3.63) is 63.3 Å². The van der Waals surface area contributed by atoms with Gasteiger partial charge in [-0.2, -0.15) is 0 Å². The van der Waals surface area contributed by atoms with Crippen molar-refractivity contribution in [2.45, 2.75) is 44.3 Å². The average Bonchev–Trinajstić information content (AvgIpc) is 3.68. The Morgan fingerprint density at radius 1 is 1.11 bits per heavy atom. The fourth-order valence-corrected chi connectivity index (χ4v) is 5.45. The SMILES string of the molecule is C[C@@H](NC(=O)c1cn([C@@H]2C[C@H]2C(F)F)c(=O)cc1N[C@H]1[C@@H]2CN(C)C[C@@H]21)c1cccc(C(F)F)c1F. The van der Waals surface area contributed by atoms with Gasteiger partial charge < -0.3 is 20.1 Å². The standard InChI is InChI=1S/C25H27F5N4O2/c1-11(12-4-3-5-13(21(12)26)23(27)28)31-25(36)17-10-34(19-6-14(19)24(29)30)20(35)7-18(17)32-22-15-8-33(2)9-16(15)22/h3-5,7,10-11,14-16,19,22-24,32H,6,8-9H2,1-2H3,(H,31,36)/t11-,14-,15-,16+,19-,22+/m1/s1. The predicted octanol–water partition coefficient (Wildman–Crippen LogP) is 4.21. The molecule has 6 atom stereocenters. The first-order valence-electron chi connectivity index (χ1n) is 11.9. The van der Waals surface area contributed by atoms with E-state index in [-0.39, 0.29) is 29.3 Å². The third-order valence-corrected chi connectivity index (χ3v) is 7.62. The molecule has 2 aliphatic carbocycles. The molecule has 36 heavy (non-hydrogen) atoms. The number of benzene rings is 1. The number of aromatic nitrogens is 1. The van der Waals surface area contributed by atoms with Crippen LogP contribution >= 0.6 is 0 Å². The van der Waals surface area contributed by atoms with E-state index in [2.05, 4.69) is 15.5 Å². The van der Waals surface area contributed by atoms with E-state index in [0.717, 1.165) is 23.7 Å². The van der Waals surface area contributed by atoms with Gasteiger partial charge in [-0.15, -0.1) is 0 Å². The molecule has 3 aliphatic rings. The molecule has 5 rings (SSSR count). The van der Waals surface area contributed by atoms with Gasteiger partial charge in [-0.05, 0) is 32.2 Å². The molecule has 1 aromatic carbocycles. The van der Waals surface area contributed by atoms with E-state index < -0.39 is 53.7 Å². The Morgan fingerprint density at radius 3 is 2.39 bits per heavy atom. The van der Waals surface area contributed by atoms with Gasteiger partial charge in [0.1, 0.15) is 5.82 Å². The fourth-order valence-electron chi connectivity index (χ4n) is 5.45. The number of fused-ring (bicyclic) bond motifs is 1. The Hall–Kier alpha value is -2.95. The quantitative estimate of drug-likeness (QED) is 0.523. The summed E-state index contributed by atoms with van der Waals surface area (Å²) in [6.07, 6.45) is -4.18. The summed E-state index contributed by atoms with van der Waals surface area (Å²) in [5.74, 6) is -1.97. The molecule has 1 aliphatic heterocycles. The zero-order chi connectivity index (χ0) is 25.9. The van der Waals surface area contributed by atoms with E-state index in [0.29, 0.717) is 11.8 Å². The molecule has 0 radical (unpaired) electrons.